The maximum atomic E-state index is 15.0. The Morgan fingerprint density at radius 3 is 2.69 bits per heavy atom. The van der Waals surface area contributed by atoms with Gasteiger partial charge in [0.2, 0.25) is 11.8 Å². The molecule has 0 saturated carbocycles. The van der Waals surface area contributed by atoms with Crippen molar-refractivity contribution in [1.82, 2.24) is 19.5 Å². The summed E-state index contributed by atoms with van der Waals surface area (Å²) in [5, 5.41) is 11.5. The summed E-state index contributed by atoms with van der Waals surface area (Å²) in [4.78, 5) is 12.8. The van der Waals surface area contributed by atoms with Crippen LogP contribution in [0, 0.1) is 5.82 Å². The van der Waals surface area contributed by atoms with Gasteiger partial charge in [-0.2, -0.15) is 4.98 Å². The second-order valence-electron chi connectivity index (χ2n) is 6.53. The van der Waals surface area contributed by atoms with Crippen LogP contribution in [0.5, 0.6) is 17.8 Å². The highest BCUT2D eigenvalue weighted by Crippen LogP contribution is 2.41. The fourth-order valence-corrected chi connectivity index (χ4v) is 3.47. The zero-order valence-corrected chi connectivity index (χ0v) is 16.2. The molecule has 0 saturated heterocycles. The number of nitrogens with two attached hydrogens (primary N) is 1. The van der Waals surface area contributed by atoms with Gasteiger partial charge in [-0.3, -0.25) is 0 Å². The summed E-state index contributed by atoms with van der Waals surface area (Å²) in [6.45, 7) is 2.61. The van der Waals surface area contributed by atoms with Crippen LogP contribution < -0.4 is 15.2 Å². The third kappa shape index (κ3) is 2.86. The minimum atomic E-state index is -0.520. The zero-order valence-electron chi connectivity index (χ0n) is 16.2. The smallest absolute Gasteiger partial charge is 0.319 e. The molecule has 0 bridgehead atoms. The molecular weight excluding hydrogens is 377 g/mol. The summed E-state index contributed by atoms with van der Waals surface area (Å²) in [6.07, 6.45) is 3.96. The number of ether oxygens (including phenoxy) is 2. The molecule has 150 valence electrons. The lowest BCUT2D eigenvalue weighted by molar-refractivity contribution is 0.353. The van der Waals surface area contributed by atoms with Gasteiger partial charge in [0.25, 0.3) is 0 Å². The van der Waals surface area contributed by atoms with Gasteiger partial charge in [0.05, 0.1) is 47.5 Å². The molecule has 0 radical (unpaired) electrons. The Morgan fingerprint density at radius 2 is 2.00 bits per heavy atom. The number of benzene rings is 1. The fourth-order valence-electron chi connectivity index (χ4n) is 3.47. The van der Waals surface area contributed by atoms with E-state index in [1.807, 2.05) is 6.92 Å². The van der Waals surface area contributed by atoms with Crippen molar-refractivity contribution in [3.05, 3.63) is 30.3 Å². The summed E-state index contributed by atoms with van der Waals surface area (Å²) in [6, 6.07) is 2.94. The number of hydrogen-bond donors (Lipinski definition) is 2. The van der Waals surface area contributed by atoms with Crippen LogP contribution in [-0.2, 0) is 6.54 Å². The van der Waals surface area contributed by atoms with Crippen molar-refractivity contribution in [3.63, 3.8) is 0 Å². The summed E-state index contributed by atoms with van der Waals surface area (Å²) in [7, 11) is 2.86. The van der Waals surface area contributed by atoms with E-state index >= 15 is 0 Å². The highest BCUT2D eigenvalue weighted by molar-refractivity contribution is 6.12. The Balaban J connectivity index is 2.08. The van der Waals surface area contributed by atoms with Crippen LogP contribution in [0.1, 0.15) is 13.3 Å². The van der Waals surface area contributed by atoms with Crippen molar-refractivity contribution in [2.45, 2.75) is 19.9 Å². The number of aromatic hydroxyl groups is 1. The molecule has 0 atom stereocenters. The molecule has 3 heterocycles. The van der Waals surface area contributed by atoms with Crippen molar-refractivity contribution < 1.29 is 19.0 Å². The molecule has 0 fully saturated rings. The Morgan fingerprint density at radius 1 is 1.21 bits per heavy atom. The van der Waals surface area contributed by atoms with Gasteiger partial charge in [-0.15, -0.1) is 0 Å². The quantitative estimate of drug-likeness (QED) is 0.530. The normalized spacial score (nSPS) is 11.3. The molecule has 0 aliphatic heterocycles. The Bertz CT molecular complexity index is 1240. The highest BCUT2D eigenvalue weighted by atomic mass is 19.1. The number of aryl methyl sites for hydroxylation is 1. The van der Waals surface area contributed by atoms with Crippen LogP contribution in [-0.4, -0.2) is 38.8 Å². The average Bonchev–Trinajstić information content (AvgIpc) is 3.03. The van der Waals surface area contributed by atoms with Gasteiger partial charge in [-0.05, 0) is 18.6 Å². The van der Waals surface area contributed by atoms with Crippen LogP contribution >= 0.6 is 0 Å². The first-order chi connectivity index (χ1) is 14.0. The summed E-state index contributed by atoms with van der Waals surface area (Å²) < 4.78 is 27.0. The van der Waals surface area contributed by atoms with Gasteiger partial charge in [0.1, 0.15) is 5.82 Å². The first kappa shape index (κ1) is 18.7. The number of methoxy groups -OCH3 is 2. The third-order valence-electron chi connectivity index (χ3n) is 4.79. The van der Waals surface area contributed by atoms with Crippen molar-refractivity contribution in [3.8, 4) is 28.9 Å². The second-order valence-corrected chi connectivity index (χ2v) is 6.53. The standard InChI is InChI=1S/C20H20FN5O3/c1-4-7-26-9-13-15(19(26)27)16(22)10-5-6-12(21)14(17(10)24-13)11-8-23-20(29-3)25-18(11)28-2/h5-6,8-9,27H,4,7,22H2,1-3H3. The third-order valence-corrected chi connectivity index (χ3v) is 4.79. The topological polar surface area (TPSA) is 108 Å². The lowest BCUT2D eigenvalue weighted by Gasteiger charge is -2.13. The van der Waals surface area contributed by atoms with Crippen LogP contribution in [0.3, 0.4) is 0 Å². The van der Waals surface area contributed by atoms with E-state index < -0.39 is 5.82 Å². The SMILES string of the molecule is CCCn1cc2nc3c(-c4cnc(OC)nc4OC)c(F)ccc3c(N)c2c1O. The van der Waals surface area contributed by atoms with Gasteiger partial charge < -0.3 is 24.9 Å². The van der Waals surface area contributed by atoms with Crippen molar-refractivity contribution >= 4 is 27.5 Å². The second kappa shape index (κ2) is 7.08. The maximum Gasteiger partial charge on any atom is 0.319 e. The van der Waals surface area contributed by atoms with E-state index in [0.29, 0.717) is 39.6 Å². The first-order valence-electron chi connectivity index (χ1n) is 9.05. The number of halogens is 1. The molecule has 8 nitrogen and oxygen atoms in total. The molecule has 3 N–H and O–H groups in total. The number of hydrogen-bond acceptors (Lipinski definition) is 7. The largest absolute Gasteiger partial charge is 0.494 e. The lowest BCUT2D eigenvalue weighted by Crippen LogP contribution is -2.00. The van der Waals surface area contributed by atoms with Crippen LogP contribution in [0.25, 0.3) is 32.9 Å². The molecule has 9 heteroatoms. The fraction of sp³-hybridized carbons (Fsp3) is 0.250. The molecule has 4 aromatic rings. The van der Waals surface area contributed by atoms with Gasteiger partial charge in [0.15, 0.2) is 0 Å². The lowest BCUT2D eigenvalue weighted by atomic mass is 10.0. The predicted octanol–water partition coefficient (Wildman–Crippen LogP) is 3.50. The van der Waals surface area contributed by atoms with Gasteiger partial charge in [0, 0.05) is 24.3 Å². The van der Waals surface area contributed by atoms with Gasteiger partial charge in [-0.1, -0.05) is 6.92 Å². The molecule has 0 aliphatic carbocycles. The Kier molecular flexibility index (Phi) is 4.57. The molecule has 29 heavy (non-hydrogen) atoms. The maximum absolute atomic E-state index is 15.0. The molecule has 4 rings (SSSR count). The van der Waals surface area contributed by atoms with E-state index in [0.717, 1.165) is 6.42 Å². The molecular formula is C20H20FN5O3. The summed E-state index contributed by atoms with van der Waals surface area (Å²) in [5.74, 6) is -0.326. The van der Waals surface area contributed by atoms with Gasteiger partial charge >= 0.3 is 6.01 Å². The zero-order chi connectivity index (χ0) is 20.7. The average molecular weight is 397 g/mol. The van der Waals surface area contributed by atoms with Crippen molar-refractivity contribution in [1.29, 1.82) is 0 Å². The van der Waals surface area contributed by atoms with Crippen molar-refractivity contribution in [2.75, 3.05) is 20.0 Å². The number of rotatable bonds is 5. The highest BCUT2D eigenvalue weighted by Gasteiger charge is 2.22. The number of nitrogens with zero attached hydrogens (tertiary/aromatic N) is 4. The van der Waals surface area contributed by atoms with Gasteiger partial charge in [-0.25, -0.2) is 14.4 Å². The molecule has 3 aromatic heterocycles. The number of fused-ring (bicyclic) bond motifs is 2. The van der Waals surface area contributed by atoms with E-state index in [1.54, 1.807) is 16.8 Å². The number of nitrogen functional groups attached to an aromatic ring is 1. The van der Waals surface area contributed by atoms with E-state index in [9.17, 15) is 9.50 Å². The number of anilines is 1. The first-order valence-corrected chi connectivity index (χ1v) is 9.05. The van der Waals surface area contributed by atoms with Crippen molar-refractivity contribution in [2.24, 2.45) is 0 Å². The summed E-state index contributed by atoms with van der Waals surface area (Å²) in [5.41, 5.74) is 7.97. The number of aromatic nitrogens is 4. The molecule has 0 aliphatic rings. The molecule has 0 spiro atoms. The summed E-state index contributed by atoms with van der Waals surface area (Å²) >= 11 is 0. The Hall–Kier alpha value is -3.62. The predicted molar refractivity (Wildman–Crippen MR) is 108 cm³/mol. The Labute approximate surface area is 165 Å². The van der Waals surface area contributed by atoms with Crippen LogP contribution in [0.2, 0.25) is 0 Å². The van der Waals surface area contributed by atoms with E-state index in [2.05, 4.69) is 15.0 Å². The van der Waals surface area contributed by atoms with E-state index in [-0.39, 0.29) is 23.3 Å². The monoisotopic (exact) mass is 397 g/mol. The minimum Gasteiger partial charge on any atom is -0.494 e. The number of pyridine rings is 1. The van der Waals surface area contributed by atoms with Crippen LogP contribution in [0.4, 0.5) is 10.1 Å². The van der Waals surface area contributed by atoms with Crippen LogP contribution in [0.15, 0.2) is 24.5 Å². The molecule has 0 unspecified atom stereocenters. The van der Waals surface area contributed by atoms with E-state index in [4.69, 9.17) is 15.2 Å². The minimum absolute atomic E-state index is 0.0463. The molecule has 0 amide bonds. The van der Waals surface area contributed by atoms with E-state index in [1.165, 1.54) is 26.5 Å². The molecule has 1 aromatic carbocycles.